The van der Waals surface area contributed by atoms with E-state index in [2.05, 4.69) is 0 Å². The number of alkyl halides is 2. The van der Waals surface area contributed by atoms with Crippen molar-refractivity contribution in [2.45, 2.75) is 23.8 Å². The van der Waals surface area contributed by atoms with Crippen LogP contribution in [0.15, 0.2) is 59.5 Å². The summed E-state index contributed by atoms with van der Waals surface area (Å²) in [6.07, 6.45) is -0.542. The summed E-state index contributed by atoms with van der Waals surface area (Å²) < 4.78 is 28.0. The van der Waals surface area contributed by atoms with Gasteiger partial charge >= 0.3 is 0 Å². The number of hydrogen-bond donors (Lipinski definition) is 1. The van der Waals surface area contributed by atoms with Crippen LogP contribution in [0.4, 0.5) is 8.78 Å². The molecule has 0 aliphatic carbocycles. The van der Waals surface area contributed by atoms with Crippen molar-refractivity contribution in [1.29, 1.82) is 0 Å². The molecule has 0 fully saturated rings. The first-order valence-corrected chi connectivity index (χ1v) is 7.32. The molecule has 20 heavy (non-hydrogen) atoms. The molecule has 0 amide bonds. The zero-order chi connectivity index (χ0) is 14.6. The van der Waals surface area contributed by atoms with Crippen molar-refractivity contribution in [3.8, 4) is 0 Å². The Morgan fingerprint density at radius 3 is 2.20 bits per heavy atom. The zero-order valence-electron chi connectivity index (χ0n) is 11.1. The van der Waals surface area contributed by atoms with Gasteiger partial charge in [-0.1, -0.05) is 42.5 Å². The van der Waals surface area contributed by atoms with E-state index in [4.69, 9.17) is 0 Å². The molecular weight excluding hydrogens is 278 g/mol. The highest BCUT2D eigenvalue weighted by molar-refractivity contribution is 7.99. The largest absolute Gasteiger partial charge is 0.389 e. The van der Waals surface area contributed by atoms with Gasteiger partial charge in [-0.15, -0.1) is 11.8 Å². The molecule has 0 saturated heterocycles. The van der Waals surface area contributed by atoms with Gasteiger partial charge in [0.25, 0.3) is 5.92 Å². The maximum absolute atomic E-state index is 14.0. The van der Waals surface area contributed by atoms with Gasteiger partial charge in [0.15, 0.2) is 0 Å². The van der Waals surface area contributed by atoms with Crippen LogP contribution in [0.5, 0.6) is 0 Å². The van der Waals surface area contributed by atoms with Crippen LogP contribution in [0.2, 0.25) is 0 Å². The highest BCUT2D eigenvalue weighted by atomic mass is 32.2. The van der Waals surface area contributed by atoms with Gasteiger partial charge in [0.2, 0.25) is 0 Å². The summed E-state index contributed by atoms with van der Waals surface area (Å²) in [6.45, 7) is 1.67. The van der Waals surface area contributed by atoms with Crippen LogP contribution in [0.3, 0.4) is 0 Å². The van der Waals surface area contributed by atoms with Crippen LogP contribution in [0, 0.1) is 0 Å². The molecule has 1 atom stereocenters. The van der Waals surface area contributed by atoms with Crippen LogP contribution >= 0.6 is 11.8 Å². The zero-order valence-corrected chi connectivity index (χ0v) is 11.9. The average Bonchev–Trinajstić information content (AvgIpc) is 2.46. The molecule has 0 aromatic heterocycles. The van der Waals surface area contributed by atoms with E-state index in [9.17, 15) is 13.9 Å². The van der Waals surface area contributed by atoms with E-state index in [0.717, 1.165) is 22.2 Å². The highest BCUT2D eigenvalue weighted by Gasteiger charge is 2.31. The fourth-order valence-corrected chi connectivity index (χ4v) is 2.63. The van der Waals surface area contributed by atoms with Gasteiger partial charge < -0.3 is 5.11 Å². The van der Waals surface area contributed by atoms with E-state index in [1.54, 1.807) is 49.4 Å². The third-order valence-electron chi connectivity index (χ3n) is 2.98. The Labute approximate surface area is 121 Å². The molecular formula is C16H16F2OS. The Kier molecular flexibility index (Phi) is 4.78. The smallest absolute Gasteiger partial charge is 0.282 e. The monoisotopic (exact) mass is 294 g/mol. The summed E-state index contributed by atoms with van der Waals surface area (Å²) in [4.78, 5) is 0.769. The third-order valence-corrected chi connectivity index (χ3v) is 4.09. The highest BCUT2D eigenvalue weighted by Crippen LogP contribution is 2.34. The molecule has 2 aromatic rings. The van der Waals surface area contributed by atoms with Gasteiger partial charge in [-0.2, -0.15) is 0 Å². The summed E-state index contributed by atoms with van der Waals surface area (Å²) in [5.41, 5.74) is 0.817. The number of aliphatic hydroxyl groups is 1. The van der Waals surface area contributed by atoms with Crippen molar-refractivity contribution in [3.63, 3.8) is 0 Å². The van der Waals surface area contributed by atoms with E-state index < -0.39 is 12.0 Å². The molecule has 2 rings (SSSR count). The molecule has 0 radical (unpaired) electrons. The minimum Gasteiger partial charge on any atom is -0.389 e. The molecule has 0 spiro atoms. The molecule has 0 heterocycles. The Morgan fingerprint density at radius 1 is 1.05 bits per heavy atom. The van der Waals surface area contributed by atoms with Crippen molar-refractivity contribution < 1.29 is 13.9 Å². The predicted molar refractivity (Wildman–Crippen MR) is 78.1 cm³/mol. The Hall–Kier alpha value is -1.39. The first kappa shape index (κ1) is 15.0. The number of thioether (sulfide) groups is 1. The molecule has 4 heteroatoms. The minimum absolute atomic E-state index is 0.0353. The molecule has 0 aliphatic heterocycles. The maximum atomic E-state index is 14.0. The second-order valence-electron chi connectivity index (χ2n) is 4.60. The molecule has 1 unspecified atom stereocenters. The average molecular weight is 294 g/mol. The lowest BCUT2D eigenvalue weighted by atomic mass is 10.1. The lowest BCUT2D eigenvalue weighted by Crippen LogP contribution is -2.16. The number of hydrogen-bond acceptors (Lipinski definition) is 2. The van der Waals surface area contributed by atoms with E-state index in [-0.39, 0.29) is 11.3 Å². The van der Waals surface area contributed by atoms with Gasteiger partial charge in [0, 0.05) is 10.5 Å². The fourth-order valence-electron chi connectivity index (χ4n) is 1.78. The molecule has 2 aromatic carbocycles. The lowest BCUT2D eigenvalue weighted by Gasteiger charge is -2.16. The molecule has 0 saturated carbocycles. The van der Waals surface area contributed by atoms with E-state index >= 15 is 0 Å². The topological polar surface area (TPSA) is 20.2 Å². The van der Waals surface area contributed by atoms with Crippen LogP contribution in [0.25, 0.3) is 0 Å². The van der Waals surface area contributed by atoms with Crippen LogP contribution in [-0.4, -0.2) is 10.9 Å². The minimum atomic E-state index is -2.85. The van der Waals surface area contributed by atoms with Crippen molar-refractivity contribution in [1.82, 2.24) is 0 Å². The molecule has 0 bridgehead atoms. The second kappa shape index (κ2) is 6.37. The summed E-state index contributed by atoms with van der Waals surface area (Å²) in [6, 6.07) is 14.9. The quantitative estimate of drug-likeness (QED) is 0.812. The van der Waals surface area contributed by atoms with E-state index in [1.807, 2.05) is 0 Å². The number of aliphatic hydroxyl groups excluding tert-OH is 1. The molecule has 106 valence electrons. The van der Waals surface area contributed by atoms with Gasteiger partial charge in [-0.05, 0) is 24.6 Å². The summed E-state index contributed by atoms with van der Waals surface area (Å²) in [7, 11) is 0. The SMILES string of the molecule is CC(O)c1ccc(SCC(F)(F)c2ccccc2)cc1. The van der Waals surface area contributed by atoms with Gasteiger partial charge in [0.05, 0.1) is 11.9 Å². The van der Waals surface area contributed by atoms with Crippen LogP contribution < -0.4 is 0 Å². The van der Waals surface area contributed by atoms with Crippen molar-refractivity contribution >= 4 is 11.8 Å². The Bertz CT molecular complexity index is 538. The summed E-state index contributed by atoms with van der Waals surface area (Å²) in [5, 5.41) is 9.40. The Morgan fingerprint density at radius 2 is 1.65 bits per heavy atom. The van der Waals surface area contributed by atoms with Crippen molar-refractivity contribution in [2.24, 2.45) is 0 Å². The predicted octanol–water partition coefficient (Wildman–Crippen LogP) is 4.62. The standard InChI is InChI=1S/C16H16F2OS/c1-12(19)13-7-9-15(10-8-13)20-11-16(17,18)14-5-3-2-4-6-14/h2-10,12,19H,11H2,1H3. The number of rotatable bonds is 5. The molecule has 1 N–H and O–H groups in total. The Balaban J connectivity index is 2.01. The van der Waals surface area contributed by atoms with Gasteiger partial charge in [-0.25, -0.2) is 8.78 Å². The lowest BCUT2D eigenvalue weighted by molar-refractivity contribution is 0.0232. The van der Waals surface area contributed by atoms with Crippen molar-refractivity contribution in [3.05, 3.63) is 65.7 Å². The van der Waals surface area contributed by atoms with Crippen molar-refractivity contribution in [2.75, 3.05) is 5.75 Å². The maximum Gasteiger partial charge on any atom is 0.282 e. The summed E-state index contributed by atoms with van der Waals surface area (Å²) >= 11 is 1.11. The first-order valence-electron chi connectivity index (χ1n) is 6.33. The second-order valence-corrected chi connectivity index (χ2v) is 5.65. The van der Waals surface area contributed by atoms with Gasteiger partial charge in [-0.3, -0.25) is 0 Å². The third kappa shape index (κ3) is 3.81. The summed E-state index contributed by atoms with van der Waals surface area (Å²) in [5.74, 6) is -3.15. The number of benzene rings is 2. The molecule has 0 aliphatic rings. The van der Waals surface area contributed by atoms with E-state index in [1.165, 1.54) is 12.1 Å². The normalized spacial score (nSPS) is 13.2. The fraction of sp³-hybridized carbons (Fsp3) is 0.250. The van der Waals surface area contributed by atoms with E-state index in [0.29, 0.717) is 0 Å². The van der Waals surface area contributed by atoms with Gasteiger partial charge in [0.1, 0.15) is 0 Å². The van der Waals surface area contributed by atoms with Crippen LogP contribution in [-0.2, 0) is 5.92 Å². The van der Waals surface area contributed by atoms with Crippen LogP contribution in [0.1, 0.15) is 24.2 Å². The first-order chi connectivity index (χ1) is 9.49. The number of halogens is 2. The molecule has 1 nitrogen and oxygen atoms in total.